The van der Waals surface area contributed by atoms with E-state index < -0.39 is 0 Å². The third-order valence-electron chi connectivity index (χ3n) is 1.79. The minimum absolute atomic E-state index is 0.336. The molecular formula is C10H13N5OS2. The highest BCUT2D eigenvalue weighted by molar-refractivity contribution is 8.00. The van der Waals surface area contributed by atoms with Crippen LogP contribution in [-0.4, -0.2) is 33.1 Å². The monoisotopic (exact) mass is 283 g/mol. The van der Waals surface area contributed by atoms with Crippen LogP contribution in [0.3, 0.4) is 0 Å². The minimum atomic E-state index is 0.336. The maximum absolute atomic E-state index is 5.32. The van der Waals surface area contributed by atoms with E-state index in [2.05, 4.69) is 25.3 Å². The molecule has 0 atom stereocenters. The lowest BCUT2D eigenvalue weighted by Gasteiger charge is -2.06. The topological polar surface area (TPSA) is 72.8 Å². The smallest absolute Gasteiger partial charge is 0.322 e. The third-order valence-corrected chi connectivity index (χ3v) is 3.54. The standard InChI is InChI=1S/C10H13N5OS2/c1-3-11-7-13-8(16-4-2)15-9(14-7)18-10-12-5-6-17-10/h5-6H,3-4H2,1-2H3,(H,11,13,14,15). The molecule has 0 spiro atoms. The summed E-state index contributed by atoms with van der Waals surface area (Å²) in [5.74, 6) is 0.523. The Morgan fingerprint density at radius 1 is 1.33 bits per heavy atom. The maximum atomic E-state index is 5.32. The highest BCUT2D eigenvalue weighted by atomic mass is 32.2. The summed E-state index contributed by atoms with van der Waals surface area (Å²) in [5, 5.41) is 5.55. The molecule has 8 heteroatoms. The molecule has 96 valence electrons. The molecule has 0 aromatic carbocycles. The van der Waals surface area contributed by atoms with E-state index in [0.29, 0.717) is 23.7 Å². The Hall–Kier alpha value is -1.41. The van der Waals surface area contributed by atoms with Gasteiger partial charge in [-0.15, -0.1) is 11.3 Å². The van der Waals surface area contributed by atoms with Crippen LogP contribution in [0.25, 0.3) is 0 Å². The number of hydrogen-bond acceptors (Lipinski definition) is 8. The molecule has 0 amide bonds. The van der Waals surface area contributed by atoms with Crippen molar-refractivity contribution in [3.05, 3.63) is 11.6 Å². The Morgan fingerprint density at radius 3 is 2.89 bits per heavy atom. The van der Waals surface area contributed by atoms with Gasteiger partial charge in [-0.1, -0.05) is 0 Å². The van der Waals surface area contributed by atoms with Crippen molar-refractivity contribution in [1.29, 1.82) is 0 Å². The van der Waals surface area contributed by atoms with E-state index in [4.69, 9.17) is 4.74 Å². The van der Waals surface area contributed by atoms with Gasteiger partial charge >= 0.3 is 6.01 Å². The van der Waals surface area contributed by atoms with Gasteiger partial charge in [-0.25, -0.2) is 4.98 Å². The number of anilines is 1. The first-order valence-corrected chi connectivity index (χ1v) is 7.21. The number of thiazole rings is 1. The number of aromatic nitrogens is 4. The second-order valence-electron chi connectivity index (χ2n) is 3.09. The van der Waals surface area contributed by atoms with Crippen LogP contribution >= 0.6 is 23.1 Å². The third kappa shape index (κ3) is 3.54. The first-order valence-electron chi connectivity index (χ1n) is 5.52. The summed E-state index contributed by atoms with van der Waals surface area (Å²) in [6, 6.07) is 0.336. The maximum Gasteiger partial charge on any atom is 0.322 e. The van der Waals surface area contributed by atoms with Crippen LogP contribution in [0.15, 0.2) is 21.1 Å². The van der Waals surface area contributed by atoms with Gasteiger partial charge in [-0.2, -0.15) is 15.0 Å². The summed E-state index contributed by atoms with van der Waals surface area (Å²) < 4.78 is 6.21. The van der Waals surface area contributed by atoms with Crippen LogP contribution in [-0.2, 0) is 0 Å². The molecule has 0 saturated heterocycles. The molecule has 0 bridgehead atoms. The lowest BCUT2D eigenvalue weighted by Crippen LogP contribution is -2.07. The van der Waals surface area contributed by atoms with Gasteiger partial charge < -0.3 is 10.1 Å². The lowest BCUT2D eigenvalue weighted by molar-refractivity contribution is 0.308. The van der Waals surface area contributed by atoms with Gasteiger partial charge in [0.2, 0.25) is 11.1 Å². The molecule has 1 N–H and O–H groups in total. The van der Waals surface area contributed by atoms with Crippen molar-refractivity contribution in [3.8, 4) is 6.01 Å². The molecule has 6 nitrogen and oxygen atoms in total. The molecule has 0 radical (unpaired) electrons. The number of hydrogen-bond donors (Lipinski definition) is 1. The normalized spacial score (nSPS) is 10.3. The molecule has 0 saturated carbocycles. The van der Waals surface area contributed by atoms with E-state index >= 15 is 0 Å². The first-order chi connectivity index (χ1) is 8.81. The minimum Gasteiger partial charge on any atom is -0.464 e. The van der Waals surface area contributed by atoms with Crippen LogP contribution in [0, 0.1) is 0 Å². The molecule has 2 aromatic heterocycles. The van der Waals surface area contributed by atoms with Gasteiger partial charge in [0, 0.05) is 18.1 Å². The summed E-state index contributed by atoms with van der Waals surface area (Å²) in [4.78, 5) is 16.9. The number of nitrogens with zero attached hydrogens (tertiary/aromatic N) is 4. The summed E-state index contributed by atoms with van der Waals surface area (Å²) >= 11 is 2.95. The van der Waals surface area contributed by atoms with Crippen molar-refractivity contribution in [2.24, 2.45) is 0 Å². The van der Waals surface area contributed by atoms with Crippen molar-refractivity contribution in [3.63, 3.8) is 0 Å². The molecule has 2 aromatic rings. The van der Waals surface area contributed by atoms with Crippen LogP contribution in [0.5, 0.6) is 6.01 Å². The summed E-state index contributed by atoms with van der Waals surface area (Å²) in [6.07, 6.45) is 1.75. The van der Waals surface area contributed by atoms with Crippen molar-refractivity contribution in [2.75, 3.05) is 18.5 Å². The van der Waals surface area contributed by atoms with Crippen molar-refractivity contribution in [2.45, 2.75) is 23.3 Å². The molecular weight excluding hydrogens is 270 g/mol. The SMILES string of the molecule is CCNc1nc(OCC)nc(Sc2nccs2)n1. The zero-order chi connectivity index (χ0) is 12.8. The average Bonchev–Trinajstić information content (AvgIpc) is 2.82. The Balaban J connectivity index is 2.21. The van der Waals surface area contributed by atoms with Gasteiger partial charge in [-0.05, 0) is 25.6 Å². The Morgan fingerprint density at radius 2 is 2.22 bits per heavy atom. The van der Waals surface area contributed by atoms with Gasteiger partial charge in [-0.3, -0.25) is 0 Å². The second-order valence-corrected chi connectivity index (χ2v) is 5.20. The number of ether oxygens (including phenoxy) is 1. The Bertz CT molecular complexity index is 467. The highest BCUT2D eigenvalue weighted by Gasteiger charge is 2.09. The summed E-state index contributed by atoms with van der Waals surface area (Å²) in [7, 11) is 0. The van der Waals surface area contributed by atoms with Gasteiger partial charge in [0.25, 0.3) is 0 Å². The van der Waals surface area contributed by atoms with E-state index in [1.807, 2.05) is 19.2 Å². The van der Waals surface area contributed by atoms with E-state index in [1.54, 1.807) is 17.5 Å². The molecule has 2 rings (SSSR count). The predicted octanol–water partition coefficient (Wildman–Crippen LogP) is 2.31. The van der Waals surface area contributed by atoms with Gasteiger partial charge in [0.15, 0.2) is 4.34 Å². The molecule has 0 unspecified atom stereocenters. The summed E-state index contributed by atoms with van der Waals surface area (Å²) in [5.41, 5.74) is 0. The van der Waals surface area contributed by atoms with Crippen LogP contribution in [0.4, 0.5) is 5.95 Å². The fourth-order valence-electron chi connectivity index (χ4n) is 1.15. The van der Waals surface area contributed by atoms with Crippen molar-refractivity contribution >= 4 is 29.0 Å². The highest BCUT2D eigenvalue weighted by Crippen LogP contribution is 2.27. The van der Waals surface area contributed by atoms with E-state index in [9.17, 15) is 0 Å². The van der Waals surface area contributed by atoms with E-state index in [-0.39, 0.29) is 0 Å². The van der Waals surface area contributed by atoms with E-state index in [1.165, 1.54) is 11.8 Å². The zero-order valence-corrected chi connectivity index (χ0v) is 11.7. The Labute approximate surface area is 113 Å². The van der Waals surface area contributed by atoms with Crippen LogP contribution < -0.4 is 10.1 Å². The van der Waals surface area contributed by atoms with Crippen LogP contribution in [0.1, 0.15) is 13.8 Å². The molecule has 2 heterocycles. The van der Waals surface area contributed by atoms with Crippen molar-refractivity contribution in [1.82, 2.24) is 19.9 Å². The Kier molecular flexibility index (Phi) is 4.71. The molecule has 0 aliphatic rings. The molecule has 18 heavy (non-hydrogen) atoms. The van der Waals surface area contributed by atoms with Crippen LogP contribution in [0.2, 0.25) is 0 Å². The predicted molar refractivity (Wildman–Crippen MR) is 71.4 cm³/mol. The zero-order valence-electron chi connectivity index (χ0n) is 10.1. The first kappa shape index (κ1) is 13.0. The molecule has 0 aliphatic heterocycles. The lowest BCUT2D eigenvalue weighted by atomic mass is 10.7. The largest absolute Gasteiger partial charge is 0.464 e. The number of nitrogens with one attached hydrogen (secondary N) is 1. The number of rotatable bonds is 6. The quantitative estimate of drug-likeness (QED) is 0.872. The fourth-order valence-corrected chi connectivity index (χ4v) is 2.62. The average molecular weight is 283 g/mol. The summed E-state index contributed by atoms with van der Waals surface area (Å²) in [6.45, 7) is 5.15. The molecule has 0 fully saturated rings. The van der Waals surface area contributed by atoms with Gasteiger partial charge in [0.1, 0.15) is 0 Å². The van der Waals surface area contributed by atoms with Gasteiger partial charge in [0.05, 0.1) is 6.61 Å². The second kappa shape index (κ2) is 6.50. The van der Waals surface area contributed by atoms with E-state index in [0.717, 1.165) is 10.9 Å². The molecule has 0 aliphatic carbocycles. The van der Waals surface area contributed by atoms with Crippen molar-refractivity contribution < 1.29 is 4.74 Å². The fraction of sp³-hybridized carbons (Fsp3) is 0.400.